The van der Waals surface area contributed by atoms with Gasteiger partial charge in [0.2, 0.25) is 0 Å². The van der Waals surface area contributed by atoms with Gasteiger partial charge in [0, 0.05) is 10.9 Å². The van der Waals surface area contributed by atoms with Gasteiger partial charge in [0.25, 0.3) is 0 Å². The first-order valence-electron chi connectivity index (χ1n) is 10.5. The molecule has 0 bridgehead atoms. The van der Waals surface area contributed by atoms with Crippen molar-refractivity contribution in [1.29, 1.82) is 0 Å². The molecule has 0 amide bonds. The van der Waals surface area contributed by atoms with Crippen molar-refractivity contribution in [3.05, 3.63) is 106 Å². The number of benzene rings is 3. The molecule has 3 aromatic carbocycles. The number of anilines is 1. The second-order valence-corrected chi connectivity index (χ2v) is 8.66. The van der Waals surface area contributed by atoms with Gasteiger partial charge in [0.15, 0.2) is 0 Å². The van der Waals surface area contributed by atoms with Crippen LogP contribution < -0.4 is 10.1 Å². The maximum Gasteiger partial charge on any atom is 0.418 e. The molecular weight excluding hydrogens is 435 g/mol. The lowest BCUT2D eigenvalue weighted by molar-refractivity contribution is -0.137. The number of nitrogens with one attached hydrogen (secondary N) is 1. The Hall–Kier alpha value is -2.92. The van der Waals surface area contributed by atoms with Crippen LogP contribution in [0.1, 0.15) is 40.6 Å². The van der Waals surface area contributed by atoms with Gasteiger partial charge in [-0.25, -0.2) is 0 Å². The summed E-state index contributed by atoms with van der Waals surface area (Å²) >= 11 is 5.91. The van der Waals surface area contributed by atoms with Crippen molar-refractivity contribution in [2.75, 3.05) is 5.32 Å². The highest BCUT2D eigenvalue weighted by Gasteiger charge is 2.42. The van der Waals surface area contributed by atoms with E-state index in [-0.39, 0.29) is 23.6 Å². The van der Waals surface area contributed by atoms with Gasteiger partial charge in [-0.2, -0.15) is 13.2 Å². The van der Waals surface area contributed by atoms with Crippen LogP contribution in [-0.2, 0) is 12.8 Å². The van der Waals surface area contributed by atoms with Crippen LogP contribution in [-0.4, -0.2) is 0 Å². The molecule has 0 spiro atoms. The summed E-state index contributed by atoms with van der Waals surface area (Å²) in [5, 5.41) is 3.90. The molecule has 3 aromatic rings. The number of rotatable bonds is 4. The minimum Gasteiger partial charge on any atom is -0.489 e. The Bertz CT molecular complexity index is 1140. The Balaban J connectivity index is 1.39. The van der Waals surface area contributed by atoms with Gasteiger partial charge in [-0.3, -0.25) is 0 Å². The summed E-state index contributed by atoms with van der Waals surface area (Å²) in [5.41, 5.74) is 2.26. The molecule has 0 aromatic heterocycles. The number of allylic oxidation sites excluding steroid dienone is 2. The molecule has 2 aliphatic rings. The minimum absolute atomic E-state index is 0.0284. The van der Waals surface area contributed by atoms with Gasteiger partial charge in [0.1, 0.15) is 12.4 Å². The Morgan fingerprint density at radius 3 is 2.44 bits per heavy atom. The normalized spacial score (nSPS) is 21.6. The molecule has 5 rings (SSSR count). The highest BCUT2D eigenvalue weighted by molar-refractivity contribution is 6.30. The Kier molecular flexibility index (Phi) is 5.38. The Morgan fingerprint density at radius 2 is 1.72 bits per heavy atom. The molecule has 0 radical (unpaired) electrons. The van der Waals surface area contributed by atoms with Crippen LogP contribution >= 0.6 is 11.6 Å². The quantitative estimate of drug-likeness (QED) is 0.406. The lowest BCUT2D eigenvalue weighted by Gasteiger charge is -2.38. The summed E-state index contributed by atoms with van der Waals surface area (Å²) < 4.78 is 46.9. The lowest BCUT2D eigenvalue weighted by Crippen LogP contribution is -2.30. The van der Waals surface area contributed by atoms with Crippen molar-refractivity contribution < 1.29 is 17.9 Å². The molecule has 1 aliphatic carbocycles. The first-order chi connectivity index (χ1) is 15.4. The third-order valence-electron chi connectivity index (χ3n) is 6.26. The third-order valence-corrected chi connectivity index (χ3v) is 6.51. The highest BCUT2D eigenvalue weighted by atomic mass is 35.5. The Labute approximate surface area is 189 Å². The molecule has 0 saturated carbocycles. The van der Waals surface area contributed by atoms with Crippen LogP contribution in [0, 0.1) is 5.92 Å². The van der Waals surface area contributed by atoms with Gasteiger partial charge >= 0.3 is 6.18 Å². The molecule has 1 N–H and O–H groups in total. The van der Waals surface area contributed by atoms with Gasteiger partial charge in [0.05, 0.1) is 17.3 Å². The SMILES string of the molecule is FC(F)(F)c1cccc2c1NC(c1ccc(OCc3ccc(Cl)cc3)cc1)C1CC=CC21. The number of ether oxygens (including phenoxy) is 1. The van der Waals surface area contributed by atoms with Gasteiger partial charge in [-0.15, -0.1) is 0 Å². The molecule has 164 valence electrons. The number of para-hydroxylation sites is 1. The molecule has 1 heterocycles. The number of halogens is 4. The smallest absolute Gasteiger partial charge is 0.418 e. The van der Waals surface area contributed by atoms with Gasteiger partial charge in [-0.1, -0.05) is 60.2 Å². The minimum atomic E-state index is -4.41. The largest absolute Gasteiger partial charge is 0.489 e. The van der Waals surface area contributed by atoms with Crippen molar-refractivity contribution in [2.24, 2.45) is 5.92 Å². The zero-order chi connectivity index (χ0) is 22.3. The van der Waals surface area contributed by atoms with Crippen molar-refractivity contribution in [2.45, 2.75) is 31.2 Å². The molecule has 32 heavy (non-hydrogen) atoms. The second kappa shape index (κ2) is 8.21. The standard InChI is InChI=1S/C26H21ClF3NO/c27-18-11-7-16(8-12-18)15-32-19-13-9-17(10-14-19)24-21-4-1-3-20(21)22-5-2-6-23(25(22)31-24)26(28,29)30/h1-3,5-14,20-21,24,31H,4,15H2. The van der Waals surface area contributed by atoms with E-state index in [1.54, 1.807) is 6.07 Å². The third kappa shape index (κ3) is 3.97. The molecule has 6 heteroatoms. The predicted molar refractivity (Wildman–Crippen MR) is 120 cm³/mol. The maximum absolute atomic E-state index is 13.7. The van der Waals surface area contributed by atoms with E-state index >= 15 is 0 Å². The van der Waals surface area contributed by atoms with Crippen molar-refractivity contribution in [3.8, 4) is 5.75 Å². The van der Waals surface area contributed by atoms with Crippen LogP contribution in [0.5, 0.6) is 5.75 Å². The van der Waals surface area contributed by atoms with E-state index in [4.69, 9.17) is 16.3 Å². The summed E-state index contributed by atoms with van der Waals surface area (Å²) in [6, 6.07) is 19.3. The van der Waals surface area contributed by atoms with E-state index in [1.165, 1.54) is 6.07 Å². The Morgan fingerprint density at radius 1 is 0.969 bits per heavy atom. The first kappa shape index (κ1) is 21.0. The zero-order valence-electron chi connectivity index (χ0n) is 17.1. The van der Waals surface area contributed by atoms with Crippen LogP contribution in [0.4, 0.5) is 18.9 Å². The maximum atomic E-state index is 13.7. The van der Waals surface area contributed by atoms with Gasteiger partial charge < -0.3 is 10.1 Å². The van der Waals surface area contributed by atoms with Crippen molar-refractivity contribution >= 4 is 17.3 Å². The predicted octanol–water partition coefficient (Wildman–Crippen LogP) is 7.76. The molecular formula is C26H21ClF3NO. The van der Waals surface area contributed by atoms with Crippen LogP contribution in [0.3, 0.4) is 0 Å². The van der Waals surface area contributed by atoms with E-state index in [1.807, 2.05) is 54.6 Å². The average Bonchev–Trinajstić information content (AvgIpc) is 3.28. The number of hydrogen-bond acceptors (Lipinski definition) is 2. The summed E-state index contributed by atoms with van der Waals surface area (Å²) in [6.07, 6.45) is 0.536. The second-order valence-electron chi connectivity index (χ2n) is 8.23. The van der Waals surface area contributed by atoms with E-state index in [2.05, 4.69) is 11.4 Å². The molecule has 3 atom stereocenters. The van der Waals surface area contributed by atoms with Crippen molar-refractivity contribution in [3.63, 3.8) is 0 Å². The molecule has 0 fully saturated rings. The number of fused-ring (bicyclic) bond motifs is 3. The van der Waals surface area contributed by atoms with E-state index in [9.17, 15) is 13.2 Å². The molecule has 3 unspecified atom stereocenters. The summed E-state index contributed by atoms with van der Waals surface area (Å²) in [4.78, 5) is 0. The fourth-order valence-corrected chi connectivity index (χ4v) is 4.83. The summed E-state index contributed by atoms with van der Waals surface area (Å²) in [5.74, 6) is 0.850. The number of hydrogen-bond donors (Lipinski definition) is 1. The van der Waals surface area contributed by atoms with Crippen LogP contribution in [0.25, 0.3) is 0 Å². The average molecular weight is 456 g/mol. The molecule has 1 aliphatic heterocycles. The first-order valence-corrected chi connectivity index (χ1v) is 10.9. The van der Waals surface area contributed by atoms with Crippen LogP contribution in [0.15, 0.2) is 78.9 Å². The zero-order valence-corrected chi connectivity index (χ0v) is 17.8. The fourth-order valence-electron chi connectivity index (χ4n) is 4.71. The van der Waals surface area contributed by atoms with E-state index in [0.29, 0.717) is 17.4 Å². The van der Waals surface area contributed by atoms with E-state index in [0.717, 1.165) is 29.2 Å². The number of alkyl halides is 3. The highest BCUT2D eigenvalue weighted by Crippen LogP contribution is 2.52. The fraction of sp³-hybridized carbons (Fsp3) is 0.231. The van der Waals surface area contributed by atoms with Crippen LogP contribution in [0.2, 0.25) is 5.02 Å². The summed E-state index contributed by atoms with van der Waals surface area (Å²) in [7, 11) is 0. The molecule has 0 saturated heterocycles. The topological polar surface area (TPSA) is 21.3 Å². The molecule has 2 nitrogen and oxygen atoms in total. The van der Waals surface area contributed by atoms with Gasteiger partial charge in [-0.05, 0) is 59.4 Å². The van der Waals surface area contributed by atoms with Crippen molar-refractivity contribution in [1.82, 2.24) is 0 Å². The lowest BCUT2D eigenvalue weighted by atomic mass is 9.76. The van der Waals surface area contributed by atoms with E-state index < -0.39 is 11.7 Å². The summed E-state index contributed by atoms with van der Waals surface area (Å²) in [6.45, 7) is 0.412. The monoisotopic (exact) mass is 455 g/mol.